The molecule has 0 aliphatic carbocycles. The summed E-state index contributed by atoms with van der Waals surface area (Å²) in [5.74, 6) is 0.721. The number of piperazine rings is 1. The molecule has 0 aromatic carbocycles. The SMILES string of the molecule is CN1CCN(S(=O)(=O)c2ccc(NCCCCN3CCOCC3)nc2)CC1. The molecule has 1 aromatic rings. The second kappa shape index (κ2) is 9.79. The van der Waals surface area contributed by atoms with Crippen LogP contribution in [0.5, 0.6) is 0 Å². The van der Waals surface area contributed by atoms with Crippen LogP contribution in [-0.2, 0) is 14.8 Å². The van der Waals surface area contributed by atoms with Crippen LogP contribution < -0.4 is 5.32 Å². The molecule has 0 radical (unpaired) electrons. The average Bonchev–Trinajstić information content (AvgIpc) is 2.69. The van der Waals surface area contributed by atoms with Crippen molar-refractivity contribution in [3.63, 3.8) is 0 Å². The van der Waals surface area contributed by atoms with Crippen molar-refractivity contribution in [1.82, 2.24) is 19.1 Å². The highest BCUT2D eigenvalue weighted by atomic mass is 32.2. The number of hydrogen-bond acceptors (Lipinski definition) is 7. The minimum atomic E-state index is -3.44. The van der Waals surface area contributed by atoms with Gasteiger partial charge < -0.3 is 15.0 Å². The van der Waals surface area contributed by atoms with Crippen molar-refractivity contribution < 1.29 is 13.2 Å². The van der Waals surface area contributed by atoms with Crippen molar-refractivity contribution >= 4 is 15.8 Å². The third kappa shape index (κ3) is 5.86. The number of anilines is 1. The van der Waals surface area contributed by atoms with Crippen molar-refractivity contribution in [3.05, 3.63) is 18.3 Å². The summed E-state index contributed by atoms with van der Waals surface area (Å²) >= 11 is 0. The molecule has 1 aromatic heterocycles. The third-order valence-electron chi connectivity index (χ3n) is 5.15. The predicted molar refractivity (Wildman–Crippen MR) is 105 cm³/mol. The fourth-order valence-electron chi connectivity index (χ4n) is 3.32. The molecule has 2 aliphatic rings. The van der Waals surface area contributed by atoms with Crippen molar-refractivity contribution in [2.45, 2.75) is 17.7 Å². The van der Waals surface area contributed by atoms with E-state index in [4.69, 9.17) is 4.74 Å². The maximum atomic E-state index is 12.7. The number of hydrogen-bond donors (Lipinski definition) is 1. The Labute approximate surface area is 162 Å². The summed E-state index contributed by atoms with van der Waals surface area (Å²) in [5, 5.41) is 3.28. The number of likely N-dealkylation sites (N-methyl/N-ethyl adjacent to an activating group) is 1. The quantitative estimate of drug-likeness (QED) is 0.642. The maximum absolute atomic E-state index is 12.7. The fourth-order valence-corrected chi connectivity index (χ4v) is 4.68. The number of sulfonamides is 1. The van der Waals surface area contributed by atoms with E-state index < -0.39 is 10.0 Å². The van der Waals surface area contributed by atoms with Crippen LogP contribution in [0.15, 0.2) is 23.2 Å². The van der Waals surface area contributed by atoms with Gasteiger partial charge in [-0.2, -0.15) is 4.31 Å². The van der Waals surface area contributed by atoms with Gasteiger partial charge in [0.25, 0.3) is 0 Å². The molecule has 9 heteroatoms. The molecule has 2 fully saturated rings. The average molecular weight is 398 g/mol. The van der Waals surface area contributed by atoms with E-state index in [-0.39, 0.29) is 4.90 Å². The molecule has 8 nitrogen and oxygen atoms in total. The number of nitrogens with one attached hydrogen (secondary N) is 1. The second-order valence-electron chi connectivity index (χ2n) is 7.17. The summed E-state index contributed by atoms with van der Waals surface area (Å²) in [6.07, 6.45) is 3.65. The van der Waals surface area contributed by atoms with Crippen molar-refractivity contribution in [3.8, 4) is 0 Å². The molecular weight excluding hydrogens is 366 g/mol. The predicted octanol–water partition coefficient (Wildman–Crippen LogP) is 0.542. The fraction of sp³-hybridized carbons (Fsp3) is 0.722. The molecule has 0 atom stereocenters. The summed E-state index contributed by atoms with van der Waals surface area (Å²) in [6.45, 7) is 8.24. The van der Waals surface area contributed by atoms with Gasteiger partial charge in [0.1, 0.15) is 10.7 Å². The lowest BCUT2D eigenvalue weighted by Crippen LogP contribution is -2.47. The van der Waals surface area contributed by atoms with E-state index in [1.807, 2.05) is 7.05 Å². The number of nitrogens with zero attached hydrogens (tertiary/aromatic N) is 4. The molecule has 27 heavy (non-hydrogen) atoms. The van der Waals surface area contributed by atoms with Gasteiger partial charge in [0.2, 0.25) is 10.0 Å². The summed E-state index contributed by atoms with van der Waals surface area (Å²) in [5.41, 5.74) is 0. The summed E-state index contributed by atoms with van der Waals surface area (Å²) in [7, 11) is -1.44. The number of rotatable bonds is 8. The van der Waals surface area contributed by atoms with E-state index in [1.54, 1.807) is 16.4 Å². The van der Waals surface area contributed by atoms with Crippen molar-refractivity contribution in [2.24, 2.45) is 0 Å². The van der Waals surface area contributed by atoms with E-state index in [0.29, 0.717) is 13.1 Å². The Morgan fingerprint density at radius 1 is 1.07 bits per heavy atom. The van der Waals surface area contributed by atoms with E-state index in [0.717, 1.165) is 71.1 Å². The molecule has 2 saturated heterocycles. The van der Waals surface area contributed by atoms with Gasteiger partial charge in [-0.05, 0) is 38.6 Å². The van der Waals surface area contributed by atoms with Crippen LogP contribution in [0.25, 0.3) is 0 Å². The summed E-state index contributed by atoms with van der Waals surface area (Å²) < 4.78 is 32.3. The molecule has 0 saturated carbocycles. The Morgan fingerprint density at radius 2 is 1.81 bits per heavy atom. The Kier molecular flexibility index (Phi) is 7.42. The molecule has 0 amide bonds. The topological polar surface area (TPSA) is 78.0 Å². The van der Waals surface area contributed by atoms with Gasteiger partial charge in [0.15, 0.2) is 0 Å². The second-order valence-corrected chi connectivity index (χ2v) is 9.11. The van der Waals surface area contributed by atoms with Crippen molar-refractivity contribution in [1.29, 1.82) is 0 Å². The molecule has 3 rings (SSSR count). The summed E-state index contributed by atoms with van der Waals surface area (Å²) in [6, 6.07) is 3.40. The van der Waals surface area contributed by atoms with Crippen LogP contribution in [0.2, 0.25) is 0 Å². The van der Waals surface area contributed by atoms with Gasteiger partial charge in [0, 0.05) is 52.0 Å². The van der Waals surface area contributed by atoms with E-state index in [9.17, 15) is 8.42 Å². The van der Waals surface area contributed by atoms with E-state index >= 15 is 0 Å². The monoisotopic (exact) mass is 397 g/mol. The number of ether oxygens (including phenoxy) is 1. The molecule has 0 bridgehead atoms. The number of aromatic nitrogens is 1. The van der Waals surface area contributed by atoms with Crippen LogP contribution in [0.1, 0.15) is 12.8 Å². The smallest absolute Gasteiger partial charge is 0.244 e. The first kappa shape index (κ1) is 20.5. The lowest BCUT2D eigenvalue weighted by Gasteiger charge is -2.31. The third-order valence-corrected chi connectivity index (χ3v) is 7.03. The minimum Gasteiger partial charge on any atom is -0.379 e. The Morgan fingerprint density at radius 3 is 2.48 bits per heavy atom. The van der Waals surface area contributed by atoms with Gasteiger partial charge in [-0.3, -0.25) is 4.90 Å². The van der Waals surface area contributed by atoms with Crippen LogP contribution in [0.4, 0.5) is 5.82 Å². The Balaban J connectivity index is 1.41. The molecule has 0 unspecified atom stereocenters. The highest BCUT2D eigenvalue weighted by Gasteiger charge is 2.27. The molecule has 3 heterocycles. The van der Waals surface area contributed by atoms with Gasteiger partial charge in [-0.15, -0.1) is 0 Å². The van der Waals surface area contributed by atoms with Crippen LogP contribution in [-0.4, -0.2) is 100 Å². The first-order chi connectivity index (χ1) is 13.1. The zero-order valence-corrected chi connectivity index (χ0v) is 17.0. The van der Waals surface area contributed by atoms with Crippen LogP contribution >= 0.6 is 0 Å². The Bertz CT molecular complexity index is 669. The van der Waals surface area contributed by atoms with Crippen LogP contribution in [0.3, 0.4) is 0 Å². The standard InChI is InChI=1S/C18H31N5O3S/c1-21-8-10-23(11-9-21)27(24,25)17-4-5-18(20-16-17)19-6-2-3-7-22-12-14-26-15-13-22/h4-5,16H,2-3,6-15H2,1H3,(H,19,20). The summed E-state index contributed by atoms with van der Waals surface area (Å²) in [4.78, 5) is 9.12. The number of pyridine rings is 1. The highest BCUT2D eigenvalue weighted by Crippen LogP contribution is 2.18. The van der Waals surface area contributed by atoms with Gasteiger partial charge in [-0.25, -0.2) is 13.4 Å². The number of morpholine rings is 1. The molecule has 0 spiro atoms. The zero-order chi connectivity index (χ0) is 19.1. The normalized spacial score (nSPS) is 20.6. The van der Waals surface area contributed by atoms with E-state index in [1.165, 1.54) is 6.20 Å². The first-order valence-corrected chi connectivity index (χ1v) is 11.2. The largest absolute Gasteiger partial charge is 0.379 e. The molecule has 2 aliphatic heterocycles. The zero-order valence-electron chi connectivity index (χ0n) is 16.1. The molecule has 152 valence electrons. The molecular formula is C18H31N5O3S. The van der Waals surface area contributed by atoms with Gasteiger partial charge in [0.05, 0.1) is 13.2 Å². The minimum absolute atomic E-state index is 0.268. The lowest BCUT2D eigenvalue weighted by atomic mass is 10.2. The van der Waals surface area contributed by atoms with Gasteiger partial charge in [-0.1, -0.05) is 0 Å². The van der Waals surface area contributed by atoms with Crippen molar-refractivity contribution in [2.75, 3.05) is 77.9 Å². The van der Waals surface area contributed by atoms with Gasteiger partial charge >= 0.3 is 0 Å². The lowest BCUT2D eigenvalue weighted by molar-refractivity contribution is 0.0373. The first-order valence-electron chi connectivity index (χ1n) is 9.74. The van der Waals surface area contributed by atoms with E-state index in [2.05, 4.69) is 20.1 Å². The Hall–Kier alpha value is -1.26. The number of unbranched alkanes of at least 4 members (excludes halogenated alkanes) is 1. The van der Waals surface area contributed by atoms with Crippen LogP contribution in [0, 0.1) is 0 Å². The maximum Gasteiger partial charge on any atom is 0.244 e. The highest BCUT2D eigenvalue weighted by molar-refractivity contribution is 7.89. The molecule has 1 N–H and O–H groups in total.